The van der Waals surface area contributed by atoms with E-state index in [0.29, 0.717) is 18.1 Å². The Balaban J connectivity index is 4.53. The minimum Gasteiger partial charge on any atom is -0.492 e. The lowest BCUT2D eigenvalue weighted by Gasteiger charge is -2.07. The summed E-state index contributed by atoms with van der Waals surface area (Å²) in [4.78, 5) is 3.68. The average Bonchev–Trinajstić information content (AvgIpc) is 2.01. The van der Waals surface area contributed by atoms with E-state index in [-0.39, 0.29) is 0 Å². The third-order valence-corrected chi connectivity index (χ3v) is 1.15. The van der Waals surface area contributed by atoms with E-state index in [1.54, 1.807) is 6.08 Å². The van der Waals surface area contributed by atoms with Crippen molar-refractivity contribution in [1.82, 2.24) is 0 Å². The van der Waals surface area contributed by atoms with Crippen molar-refractivity contribution in [3.05, 3.63) is 36.3 Å². The van der Waals surface area contributed by atoms with Crippen molar-refractivity contribution in [1.29, 1.82) is 0 Å². The van der Waals surface area contributed by atoms with Gasteiger partial charge < -0.3 is 4.74 Å². The highest BCUT2D eigenvalue weighted by atomic mass is 16.5. The molecule has 0 bridgehead atoms. The van der Waals surface area contributed by atoms with Crippen LogP contribution in [0.5, 0.6) is 0 Å². The fourth-order valence-electron chi connectivity index (χ4n) is 0.665. The number of hydrogen-bond acceptors (Lipinski definition) is 2. The van der Waals surface area contributed by atoms with Gasteiger partial charge in [-0.05, 0) is 26.6 Å². The van der Waals surface area contributed by atoms with Crippen LogP contribution in [0.3, 0.4) is 0 Å². The van der Waals surface area contributed by atoms with E-state index in [0.717, 1.165) is 5.57 Å². The zero-order valence-electron chi connectivity index (χ0n) is 7.76. The van der Waals surface area contributed by atoms with E-state index >= 15 is 0 Å². The van der Waals surface area contributed by atoms with Crippen LogP contribution in [0.15, 0.2) is 41.3 Å². The minimum atomic E-state index is 0.542. The van der Waals surface area contributed by atoms with Gasteiger partial charge in [-0.3, -0.25) is 4.99 Å². The summed E-state index contributed by atoms with van der Waals surface area (Å²) in [5.41, 5.74) is 1.45. The van der Waals surface area contributed by atoms with Gasteiger partial charge in [0.05, 0.1) is 12.3 Å². The van der Waals surface area contributed by atoms with E-state index in [2.05, 4.69) is 24.9 Å². The van der Waals surface area contributed by atoms with Crippen LogP contribution >= 0.6 is 0 Å². The van der Waals surface area contributed by atoms with Crippen LogP contribution < -0.4 is 0 Å². The molecular formula is C10H15NO. The molecule has 0 aliphatic carbocycles. The average molecular weight is 165 g/mol. The first-order valence-corrected chi connectivity index (χ1v) is 3.77. The second-order valence-electron chi connectivity index (χ2n) is 2.39. The summed E-state index contributed by atoms with van der Waals surface area (Å²) in [7, 11) is 0. The number of nitrogens with zero attached hydrogens (tertiary/aromatic N) is 1. The summed E-state index contributed by atoms with van der Waals surface area (Å²) < 4.78 is 5.27. The monoisotopic (exact) mass is 165 g/mol. The molecular weight excluding hydrogens is 150 g/mol. The molecule has 0 aromatic heterocycles. The Kier molecular flexibility index (Phi) is 4.77. The standard InChI is InChI=1S/C10H15NO/c1-6-12-10(7-8(2)3)9(4)11-5/h7H,2,4-6H2,1,3H3/b10-7+. The largest absolute Gasteiger partial charge is 0.492 e. The van der Waals surface area contributed by atoms with Gasteiger partial charge in [-0.2, -0.15) is 0 Å². The zero-order valence-corrected chi connectivity index (χ0v) is 7.76. The molecule has 0 aromatic carbocycles. The summed E-state index contributed by atoms with van der Waals surface area (Å²) in [5, 5.41) is 0. The summed E-state index contributed by atoms with van der Waals surface area (Å²) in [6.07, 6.45) is 1.79. The molecule has 0 fully saturated rings. The lowest BCUT2D eigenvalue weighted by molar-refractivity contribution is 0.237. The van der Waals surface area contributed by atoms with Gasteiger partial charge in [0.15, 0.2) is 0 Å². The van der Waals surface area contributed by atoms with Gasteiger partial charge in [0.25, 0.3) is 0 Å². The van der Waals surface area contributed by atoms with Crippen LogP contribution in [0, 0.1) is 0 Å². The summed E-state index contributed by atoms with van der Waals surface area (Å²) in [6.45, 7) is 15.2. The SMILES string of the molecule is C=NC(=C)/C(=C\C(=C)C)OCC. The van der Waals surface area contributed by atoms with Gasteiger partial charge >= 0.3 is 0 Å². The molecule has 0 saturated carbocycles. The van der Waals surface area contributed by atoms with Crippen LogP contribution in [0.1, 0.15) is 13.8 Å². The van der Waals surface area contributed by atoms with Gasteiger partial charge in [-0.25, -0.2) is 0 Å². The second-order valence-corrected chi connectivity index (χ2v) is 2.39. The molecule has 2 nitrogen and oxygen atoms in total. The van der Waals surface area contributed by atoms with E-state index in [1.807, 2.05) is 13.8 Å². The molecule has 0 unspecified atom stereocenters. The van der Waals surface area contributed by atoms with Crippen molar-refractivity contribution in [2.45, 2.75) is 13.8 Å². The third-order valence-electron chi connectivity index (χ3n) is 1.15. The van der Waals surface area contributed by atoms with Crippen molar-refractivity contribution in [2.24, 2.45) is 4.99 Å². The first-order chi connectivity index (χ1) is 5.61. The molecule has 0 aromatic rings. The molecule has 12 heavy (non-hydrogen) atoms. The van der Waals surface area contributed by atoms with Gasteiger partial charge in [-0.15, -0.1) is 0 Å². The van der Waals surface area contributed by atoms with Crippen LogP contribution in [0.4, 0.5) is 0 Å². The molecule has 0 N–H and O–H groups in total. The highest BCUT2D eigenvalue weighted by molar-refractivity contribution is 5.36. The Morgan fingerprint density at radius 1 is 1.50 bits per heavy atom. The third kappa shape index (κ3) is 3.76. The molecule has 2 heteroatoms. The molecule has 0 aliphatic heterocycles. The van der Waals surface area contributed by atoms with Crippen LogP contribution in [0.2, 0.25) is 0 Å². The molecule has 0 rings (SSSR count). The van der Waals surface area contributed by atoms with E-state index in [1.165, 1.54) is 0 Å². The van der Waals surface area contributed by atoms with Gasteiger partial charge in [-0.1, -0.05) is 18.7 Å². The quantitative estimate of drug-likeness (QED) is 0.348. The fraction of sp³-hybridized carbons (Fsp3) is 0.300. The lowest BCUT2D eigenvalue weighted by atomic mass is 10.2. The molecule has 0 spiro atoms. The number of ether oxygens (including phenoxy) is 1. The fourth-order valence-corrected chi connectivity index (χ4v) is 0.665. The molecule has 0 heterocycles. The lowest BCUT2D eigenvalue weighted by Crippen LogP contribution is -1.93. The van der Waals surface area contributed by atoms with Crippen LogP contribution in [0.25, 0.3) is 0 Å². The van der Waals surface area contributed by atoms with Crippen molar-refractivity contribution in [2.75, 3.05) is 6.61 Å². The number of allylic oxidation sites excluding steroid dienone is 2. The van der Waals surface area contributed by atoms with E-state index < -0.39 is 0 Å². The topological polar surface area (TPSA) is 21.6 Å². The van der Waals surface area contributed by atoms with Crippen LogP contribution in [-0.4, -0.2) is 13.3 Å². The van der Waals surface area contributed by atoms with E-state index in [9.17, 15) is 0 Å². The highest BCUT2D eigenvalue weighted by Gasteiger charge is 1.99. The Morgan fingerprint density at radius 3 is 2.42 bits per heavy atom. The van der Waals surface area contributed by atoms with Crippen molar-refractivity contribution < 1.29 is 4.74 Å². The van der Waals surface area contributed by atoms with Gasteiger partial charge in [0.2, 0.25) is 0 Å². The van der Waals surface area contributed by atoms with Gasteiger partial charge in [0.1, 0.15) is 5.76 Å². The number of aliphatic imine (C=N–C) groups is 1. The number of rotatable bonds is 5. The summed E-state index contributed by atoms with van der Waals surface area (Å²) in [5.74, 6) is 0.639. The molecule has 0 amide bonds. The minimum absolute atomic E-state index is 0.542. The summed E-state index contributed by atoms with van der Waals surface area (Å²) in [6, 6.07) is 0. The smallest absolute Gasteiger partial charge is 0.144 e. The summed E-state index contributed by atoms with van der Waals surface area (Å²) >= 11 is 0. The molecule has 0 atom stereocenters. The number of hydrogen-bond donors (Lipinski definition) is 0. The first kappa shape index (κ1) is 10.7. The zero-order chi connectivity index (χ0) is 9.56. The second kappa shape index (κ2) is 5.35. The van der Waals surface area contributed by atoms with Crippen LogP contribution in [-0.2, 0) is 4.74 Å². The maximum atomic E-state index is 5.27. The molecule has 66 valence electrons. The van der Waals surface area contributed by atoms with Gasteiger partial charge in [0, 0.05) is 0 Å². The Hall–Kier alpha value is -1.31. The molecule has 0 saturated heterocycles. The Bertz CT molecular complexity index is 226. The predicted octanol–water partition coefficient (Wildman–Crippen LogP) is 2.70. The van der Waals surface area contributed by atoms with Crippen molar-refractivity contribution in [3.8, 4) is 0 Å². The molecule has 0 radical (unpaired) electrons. The molecule has 0 aliphatic rings. The maximum absolute atomic E-state index is 5.27. The Morgan fingerprint density at radius 2 is 2.08 bits per heavy atom. The predicted molar refractivity (Wildman–Crippen MR) is 53.2 cm³/mol. The van der Waals surface area contributed by atoms with Crippen molar-refractivity contribution >= 4 is 6.72 Å². The maximum Gasteiger partial charge on any atom is 0.144 e. The normalized spacial score (nSPS) is 10.7. The Labute approximate surface area is 74.0 Å². The van der Waals surface area contributed by atoms with E-state index in [4.69, 9.17) is 4.74 Å². The van der Waals surface area contributed by atoms with Crippen molar-refractivity contribution in [3.63, 3.8) is 0 Å². The first-order valence-electron chi connectivity index (χ1n) is 3.77. The highest BCUT2D eigenvalue weighted by Crippen LogP contribution is 2.12.